The summed E-state index contributed by atoms with van der Waals surface area (Å²) in [5.74, 6) is 0. The Morgan fingerprint density at radius 2 is 2.11 bits per heavy atom. The van der Waals surface area contributed by atoms with E-state index in [-0.39, 0.29) is 7.43 Å². The van der Waals surface area contributed by atoms with Gasteiger partial charge in [-0.1, -0.05) is 27.2 Å². The standard InChI is InChI=1S/C6H13NO.CH4/c1-2-3-4-5-6-7-8;/h6,8H,2-5H2,1H3;1H4. The molecule has 56 valence electrons. The van der Waals surface area contributed by atoms with E-state index < -0.39 is 0 Å². The van der Waals surface area contributed by atoms with E-state index in [1.807, 2.05) is 0 Å². The molecule has 0 unspecified atom stereocenters. The molecule has 0 aromatic rings. The molecule has 0 spiro atoms. The van der Waals surface area contributed by atoms with Crippen LogP contribution in [0.2, 0.25) is 0 Å². The summed E-state index contributed by atoms with van der Waals surface area (Å²) in [5, 5.41) is 10.8. The van der Waals surface area contributed by atoms with Gasteiger partial charge in [0.05, 0.1) is 0 Å². The minimum atomic E-state index is 0. The van der Waals surface area contributed by atoms with Crippen molar-refractivity contribution in [3.8, 4) is 0 Å². The van der Waals surface area contributed by atoms with Crippen molar-refractivity contribution >= 4 is 6.21 Å². The molecular formula is C7H17NO. The predicted octanol–water partition coefficient (Wildman–Crippen LogP) is 2.66. The van der Waals surface area contributed by atoms with Gasteiger partial charge in [-0.3, -0.25) is 0 Å². The van der Waals surface area contributed by atoms with Gasteiger partial charge in [-0.25, -0.2) is 0 Å². The molecule has 0 aliphatic rings. The largest absolute Gasteiger partial charge is 0.411 e. The molecule has 0 aliphatic heterocycles. The van der Waals surface area contributed by atoms with Crippen LogP contribution in [0.1, 0.15) is 40.0 Å². The van der Waals surface area contributed by atoms with Gasteiger partial charge in [-0.05, 0) is 12.8 Å². The molecule has 0 saturated carbocycles. The van der Waals surface area contributed by atoms with Crippen molar-refractivity contribution < 1.29 is 5.21 Å². The fourth-order valence-electron chi connectivity index (χ4n) is 0.543. The molecule has 0 radical (unpaired) electrons. The van der Waals surface area contributed by atoms with E-state index in [2.05, 4.69) is 12.1 Å². The SMILES string of the molecule is C.CCCCCC=NO. The molecule has 0 heterocycles. The molecule has 2 heteroatoms. The Morgan fingerprint density at radius 1 is 1.44 bits per heavy atom. The lowest BCUT2D eigenvalue weighted by molar-refractivity contribution is 0.320. The van der Waals surface area contributed by atoms with Gasteiger partial charge in [0.2, 0.25) is 0 Å². The summed E-state index contributed by atoms with van der Waals surface area (Å²) in [6, 6.07) is 0. The number of oxime groups is 1. The van der Waals surface area contributed by atoms with Gasteiger partial charge in [0.25, 0.3) is 0 Å². The fraction of sp³-hybridized carbons (Fsp3) is 0.857. The van der Waals surface area contributed by atoms with E-state index in [1.54, 1.807) is 0 Å². The number of hydrogen-bond acceptors (Lipinski definition) is 2. The summed E-state index contributed by atoms with van der Waals surface area (Å²) in [5.41, 5.74) is 0. The summed E-state index contributed by atoms with van der Waals surface area (Å²) in [7, 11) is 0. The Kier molecular flexibility index (Phi) is 13.1. The molecule has 0 saturated heterocycles. The summed E-state index contributed by atoms with van der Waals surface area (Å²) in [6.07, 6.45) is 6.03. The Labute approximate surface area is 57.6 Å². The highest BCUT2D eigenvalue weighted by molar-refractivity contribution is 5.55. The molecule has 0 aromatic carbocycles. The van der Waals surface area contributed by atoms with Gasteiger partial charge >= 0.3 is 0 Å². The highest BCUT2D eigenvalue weighted by atomic mass is 16.4. The lowest BCUT2D eigenvalue weighted by Gasteiger charge is -1.87. The summed E-state index contributed by atoms with van der Waals surface area (Å²) < 4.78 is 0. The molecule has 0 aromatic heterocycles. The van der Waals surface area contributed by atoms with Crippen LogP contribution < -0.4 is 0 Å². The second kappa shape index (κ2) is 10.5. The van der Waals surface area contributed by atoms with Crippen molar-refractivity contribution in [2.45, 2.75) is 40.0 Å². The quantitative estimate of drug-likeness (QED) is 0.270. The fourth-order valence-corrected chi connectivity index (χ4v) is 0.543. The minimum absolute atomic E-state index is 0. The molecule has 1 N–H and O–H groups in total. The van der Waals surface area contributed by atoms with Crippen LogP contribution in [0.25, 0.3) is 0 Å². The smallest absolute Gasteiger partial charge is 0.0435 e. The summed E-state index contributed by atoms with van der Waals surface area (Å²) >= 11 is 0. The molecular weight excluding hydrogens is 114 g/mol. The van der Waals surface area contributed by atoms with Gasteiger partial charge in [-0.15, -0.1) is 5.16 Å². The first kappa shape index (κ1) is 11.3. The van der Waals surface area contributed by atoms with Gasteiger partial charge in [0.15, 0.2) is 0 Å². The second-order valence-electron chi connectivity index (χ2n) is 1.79. The van der Waals surface area contributed by atoms with Crippen LogP contribution in [0, 0.1) is 0 Å². The molecule has 0 bridgehead atoms. The van der Waals surface area contributed by atoms with Gasteiger partial charge < -0.3 is 5.21 Å². The number of unbranched alkanes of at least 4 members (excludes halogenated alkanes) is 3. The maximum absolute atomic E-state index is 7.94. The molecule has 0 rings (SSSR count). The highest BCUT2D eigenvalue weighted by Crippen LogP contribution is 1.95. The van der Waals surface area contributed by atoms with Crippen molar-refractivity contribution in [2.75, 3.05) is 0 Å². The average Bonchev–Trinajstić information content (AvgIpc) is 1.81. The lowest BCUT2D eigenvalue weighted by atomic mass is 10.2. The van der Waals surface area contributed by atoms with E-state index in [4.69, 9.17) is 5.21 Å². The Balaban J connectivity index is 0. The van der Waals surface area contributed by atoms with E-state index in [0.717, 1.165) is 12.8 Å². The van der Waals surface area contributed by atoms with E-state index in [1.165, 1.54) is 19.1 Å². The Morgan fingerprint density at radius 3 is 2.56 bits per heavy atom. The first-order valence-corrected chi connectivity index (χ1v) is 3.07. The summed E-state index contributed by atoms with van der Waals surface area (Å²) in [4.78, 5) is 0. The predicted molar refractivity (Wildman–Crippen MR) is 41.2 cm³/mol. The van der Waals surface area contributed by atoms with Crippen LogP contribution in [0.5, 0.6) is 0 Å². The van der Waals surface area contributed by atoms with E-state index >= 15 is 0 Å². The molecule has 9 heavy (non-hydrogen) atoms. The topological polar surface area (TPSA) is 32.6 Å². The molecule has 0 atom stereocenters. The summed E-state index contributed by atoms with van der Waals surface area (Å²) in [6.45, 7) is 2.15. The number of hydrogen-bond donors (Lipinski definition) is 1. The molecule has 0 fully saturated rings. The van der Waals surface area contributed by atoms with Crippen molar-refractivity contribution in [1.82, 2.24) is 0 Å². The third kappa shape index (κ3) is 11.2. The van der Waals surface area contributed by atoms with Crippen molar-refractivity contribution in [2.24, 2.45) is 5.16 Å². The highest BCUT2D eigenvalue weighted by Gasteiger charge is 1.80. The van der Waals surface area contributed by atoms with Crippen molar-refractivity contribution in [3.05, 3.63) is 0 Å². The second-order valence-corrected chi connectivity index (χ2v) is 1.79. The van der Waals surface area contributed by atoms with Crippen LogP contribution in [-0.4, -0.2) is 11.4 Å². The third-order valence-electron chi connectivity index (χ3n) is 1.02. The van der Waals surface area contributed by atoms with Gasteiger partial charge in [0.1, 0.15) is 0 Å². The molecule has 2 nitrogen and oxygen atoms in total. The maximum atomic E-state index is 7.94. The zero-order valence-corrected chi connectivity index (χ0v) is 5.30. The minimum Gasteiger partial charge on any atom is -0.411 e. The van der Waals surface area contributed by atoms with E-state index in [0.29, 0.717) is 0 Å². The zero-order valence-electron chi connectivity index (χ0n) is 5.30. The third-order valence-corrected chi connectivity index (χ3v) is 1.02. The monoisotopic (exact) mass is 131 g/mol. The van der Waals surface area contributed by atoms with E-state index in [9.17, 15) is 0 Å². The number of rotatable bonds is 4. The maximum Gasteiger partial charge on any atom is 0.0435 e. The molecule has 0 aliphatic carbocycles. The Bertz CT molecular complexity index is 61.9. The van der Waals surface area contributed by atoms with Crippen LogP contribution in [-0.2, 0) is 0 Å². The normalized spacial score (nSPS) is 9.44. The van der Waals surface area contributed by atoms with Crippen LogP contribution in [0.15, 0.2) is 5.16 Å². The van der Waals surface area contributed by atoms with Crippen molar-refractivity contribution in [1.29, 1.82) is 0 Å². The first-order chi connectivity index (χ1) is 3.91. The van der Waals surface area contributed by atoms with Crippen LogP contribution in [0.4, 0.5) is 0 Å². The Hall–Kier alpha value is -0.530. The zero-order chi connectivity index (χ0) is 6.24. The van der Waals surface area contributed by atoms with Gasteiger partial charge in [-0.2, -0.15) is 0 Å². The van der Waals surface area contributed by atoms with Crippen LogP contribution >= 0.6 is 0 Å². The van der Waals surface area contributed by atoms with Crippen LogP contribution in [0.3, 0.4) is 0 Å². The van der Waals surface area contributed by atoms with Gasteiger partial charge in [0, 0.05) is 6.21 Å². The first-order valence-electron chi connectivity index (χ1n) is 3.07. The lowest BCUT2D eigenvalue weighted by Crippen LogP contribution is -1.75. The number of nitrogens with zero attached hydrogens (tertiary/aromatic N) is 1. The van der Waals surface area contributed by atoms with Crippen molar-refractivity contribution in [3.63, 3.8) is 0 Å². The molecule has 0 amide bonds. The average molecular weight is 131 g/mol.